The molecular weight excluding hydrogens is 250 g/mol. The first-order valence-corrected chi connectivity index (χ1v) is 6.92. The third-order valence-electron chi connectivity index (χ3n) is 2.83. The summed E-state index contributed by atoms with van der Waals surface area (Å²) in [6.07, 6.45) is 0. The van der Waals surface area contributed by atoms with Crippen molar-refractivity contribution in [2.75, 3.05) is 26.3 Å². The molecule has 0 unspecified atom stereocenters. The predicted molar refractivity (Wildman–Crippen MR) is 81.5 cm³/mol. The van der Waals surface area contributed by atoms with Gasteiger partial charge in [-0.3, -0.25) is 0 Å². The number of para-hydroxylation sites is 1. The average Bonchev–Trinajstić information content (AvgIpc) is 2.47. The molecule has 0 aliphatic carbocycles. The standard InChI is InChI=1S/C17H21NO2/c1-15-6-5-9-17(14-15)20-13-11-18-10-12-19-16-7-3-2-4-8-16/h2-9,14,18H,10-13H2,1H3. The summed E-state index contributed by atoms with van der Waals surface area (Å²) < 4.78 is 11.2. The van der Waals surface area contributed by atoms with Crippen LogP contribution < -0.4 is 14.8 Å². The number of nitrogens with one attached hydrogen (secondary N) is 1. The molecule has 20 heavy (non-hydrogen) atoms. The summed E-state index contributed by atoms with van der Waals surface area (Å²) in [6.45, 7) is 5.01. The van der Waals surface area contributed by atoms with E-state index in [9.17, 15) is 0 Å². The largest absolute Gasteiger partial charge is 0.492 e. The van der Waals surface area contributed by atoms with Crippen molar-refractivity contribution in [3.8, 4) is 11.5 Å². The van der Waals surface area contributed by atoms with Gasteiger partial charge in [0, 0.05) is 13.1 Å². The summed E-state index contributed by atoms with van der Waals surface area (Å²) in [5.41, 5.74) is 1.21. The van der Waals surface area contributed by atoms with Gasteiger partial charge in [-0.1, -0.05) is 30.3 Å². The molecule has 2 aromatic rings. The molecule has 0 radical (unpaired) electrons. The van der Waals surface area contributed by atoms with Crippen LogP contribution in [0.1, 0.15) is 5.56 Å². The molecule has 0 fully saturated rings. The van der Waals surface area contributed by atoms with E-state index in [0.717, 1.165) is 24.6 Å². The summed E-state index contributed by atoms with van der Waals surface area (Å²) in [5, 5.41) is 3.29. The molecule has 0 saturated heterocycles. The molecular formula is C17H21NO2. The number of hydrogen-bond acceptors (Lipinski definition) is 3. The highest BCUT2D eigenvalue weighted by molar-refractivity contribution is 5.27. The van der Waals surface area contributed by atoms with Crippen LogP contribution in [-0.2, 0) is 0 Å². The topological polar surface area (TPSA) is 30.5 Å². The van der Waals surface area contributed by atoms with Crippen molar-refractivity contribution >= 4 is 0 Å². The van der Waals surface area contributed by atoms with Gasteiger partial charge in [0.2, 0.25) is 0 Å². The summed E-state index contributed by atoms with van der Waals surface area (Å²) in [4.78, 5) is 0. The lowest BCUT2D eigenvalue weighted by Gasteiger charge is -2.09. The van der Waals surface area contributed by atoms with E-state index in [4.69, 9.17) is 9.47 Å². The van der Waals surface area contributed by atoms with Gasteiger partial charge in [-0.25, -0.2) is 0 Å². The quantitative estimate of drug-likeness (QED) is 0.749. The lowest BCUT2D eigenvalue weighted by molar-refractivity contribution is 0.289. The Morgan fingerprint density at radius 2 is 1.45 bits per heavy atom. The third-order valence-corrected chi connectivity index (χ3v) is 2.83. The highest BCUT2D eigenvalue weighted by atomic mass is 16.5. The maximum absolute atomic E-state index is 5.65. The van der Waals surface area contributed by atoms with Crippen LogP contribution in [0.25, 0.3) is 0 Å². The molecule has 106 valence electrons. The zero-order valence-electron chi connectivity index (χ0n) is 11.8. The minimum Gasteiger partial charge on any atom is -0.492 e. The first-order chi connectivity index (χ1) is 9.84. The summed E-state index contributed by atoms with van der Waals surface area (Å²) >= 11 is 0. The molecule has 1 N–H and O–H groups in total. The van der Waals surface area contributed by atoms with Gasteiger partial charge in [0.05, 0.1) is 0 Å². The van der Waals surface area contributed by atoms with Crippen LogP contribution in [0.5, 0.6) is 11.5 Å². The zero-order chi connectivity index (χ0) is 14.0. The van der Waals surface area contributed by atoms with Crippen molar-refractivity contribution in [3.63, 3.8) is 0 Å². The molecule has 0 aliphatic heterocycles. The second-order valence-electron chi connectivity index (χ2n) is 4.58. The fourth-order valence-corrected chi connectivity index (χ4v) is 1.83. The van der Waals surface area contributed by atoms with Gasteiger partial charge in [-0.15, -0.1) is 0 Å². The molecule has 3 nitrogen and oxygen atoms in total. The van der Waals surface area contributed by atoms with Crippen molar-refractivity contribution in [2.45, 2.75) is 6.92 Å². The van der Waals surface area contributed by atoms with Gasteiger partial charge in [0.15, 0.2) is 0 Å². The lowest BCUT2D eigenvalue weighted by atomic mass is 10.2. The van der Waals surface area contributed by atoms with Crippen LogP contribution in [0, 0.1) is 6.92 Å². The monoisotopic (exact) mass is 271 g/mol. The second-order valence-corrected chi connectivity index (χ2v) is 4.58. The second kappa shape index (κ2) is 8.23. The van der Waals surface area contributed by atoms with E-state index in [1.807, 2.05) is 48.5 Å². The first-order valence-electron chi connectivity index (χ1n) is 6.92. The maximum atomic E-state index is 5.65. The van der Waals surface area contributed by atoms with E-state index < -0.39 is 0 Å². The van der Waals surface area contributed by atoms with Gasteiger partial charge < -0.3 is 14.8 Å². The van der Waals surface area contributed by atoms with Crippen LogP contribution in [0.15, 0.2) is 54.6 Å². The van der Waals surface area contributed by atoms with E-state index in [1.165, 1.54) is 5.56 Å². The van der Waals surface area contributed by atoms with Crippen LogP contribution in [0.3, 0.4) is 0 Å². The van der Waals surface area contributed by atoms with Crippen molar-refractivity contribution in [2.24, 2.45) is 0 Å². The highest BCUT2D eigenvalue weighted by Gasteiger charge is 1.94. The number of benzene rings is 2. The number of ether oxygens (including phenoxy) is 2. The molecule has 3 heteroatoms. The molecule has 0 aliphatic rings. The predicted octanol–water partition coefficient (Wildman–Crippen LogP) is 3.04. The minimum atomic E-state index is 0.661. The Balaban J connectivity index is 1.52. The molecule has 0 heterocycles. The Hall–Kier alpha value is -2.00. The van der Waals surface area contributed by atoms with Gasteiger partial charge in [0.25, 0.3) is 0 Å². The Morgan fingerprint density at radius 1 is 0.800 bits per heavy atom. The number of aryl methyl sites for hydroxylation is 1. The average molecular weight is 271 g/mol. The fraction of sp³-hybridized carbons (Fsp3) is 0.294. The molecule has 2 rings (SSSR count). The van der Waals surface area contributed by atoms with E-state index in [1.54, 1.807) is 0 Å². The zero-order valence-corrected chi connectivity index (χ0v) is 11.8. The Morgan fingerprint density at radius 3 is 2.15 bits per heavy atom. The van der Waals surface area contributed by atoms with Crippen LogP contribution in [-0.4, -0.2) is 26.3 Å². The molecule has 0 aromatic heterocycles. The highest BCUT2D eigenvalue weighted by Crippen LogP contribution is 2.11. The Labute approximate surface area is 120 Å². The van der Waals surface area contributed by atoms with Gasteiger partial charge in [-0.05, 0) is 36.8 Å². The SMILES string of the molecule is Cc1cccc(OCCNCCOc2ccccc2)c1. The maximum Gasteiger partial charge on any atom is 0.119 e. The molecule has 0 saturated carbocycles. The van der Waals surface area contributed by atoms with E-state index in [2.05, 4.69) is 18.3 Å². The van der Waals surface area contributed by atoms with E-state index in [0.29, 0.717) is 13.2 Å². The minimum absolute atomic E-state index is 0.661. The first kappa shape index (κ1) is 14.4. The smallest absolute Gasteiger partial charge is 0.119 e. The van der Waals surface area contributed by atoms with Gasteiger partial charge in [-0.2, -0.15) is 0 Å². The van der Waals surface area contributed by atoms with Crippen LogP contribution >= 0.6 is 0 Å². The van der Waals surface area contributed by atoms with E-state index >= 15 is 0 Å². The molecule has 0 amide bonds. The number of hydrogen-bond donors (Lipinski definition) is 1. The van der Waals surface area contributed by atoms with E-state index in [-0.39, 0.29) is 0 Å². The number of rotatable bonds is 8. The van der Waals surface area contributed by atoms with Crippen LogP contribution in [0.4, 0.5) is 0 Å². The summed E-state index contributed by atoms with van der Waals surface area (Å²) in [7, 11) is 0. The Kier molecular flexibility index (Phi) is 5.93. The summed E-state index contributed by atoms with van der Waals surface area (Å²) in [5.74, 6) is 1.83. The normalized spacial score (nSPS) is 10.2. The van der Waals surface area contributed by atoms with Crippen molar-refractivity contribution in [1.82, 2.24) is 5.32 Å². The Bertz CT molecular complexity index is 499. The lowest BCUT2D eigenvalue weighted by Crippen LogP contribution is -2.25. The van der Waals surface area contributed by atoms with Gasteiger partial charge in [0.1, 0.15) is 24.7 Å². The summed E-state index contributed by atoms with van der Waals surface area (Å²) in [6, 6.07) is 17.9. The molecule has 0 bridgehead atoms. The third kappa shape index (κ3) is 5.33. The molecule has 0 spiro atoms. The van der Waals surface area contributed by atoms with Crippen molar-refractivity contribution < 1.29 is 9.47 Å². The van der Waals surface area contributed by atoms with Crippen molar-refractivity contribution in [3.05, 3.63) is 60.2 Å². The molecule has 0 atom stereocenters. The fourth-order valence-electron chi connectivity index (χ4n) is 1.83. The van der Waals surface area contributed by atoms with Crippen molar-refractivity contribution in [1.29, 1.82) is 0 Å². The molecule has 2 aromatic carbocycles. The van der Waals surface area contributed by atoms with Crippen LogP contribution in [0.2, 0.25) is 0 Å². The van der Waals surface area contributed by atoms with Gasteiger partial charge >= 0.3 is 0 Å².